The molecule has 0 amide bonds. The third-order valence-electron chi connectivity index (χ3n) is 3.44. The summed E-state index contributed by atoms with van der Waals surface area (Å²) in [6.07, 6.45) is 1.06. The molecule has 1 N–H and O–H groups in total. The first-order valence-corrected chi connectivity index (χ1v) is 6.86. The van der Waals surface area contributed by atoms with Gasteiger partial charge in [-0.1, -0.05) is 33.8 Å². The molecule has 1 rings (SSSR count). The second-order valence-electron chi connectivity index (χ2n) is 5.81. The van der Waals surface area contributed by atoms with Crippen molar-refractivity contribution in [3.8, 4) is 11.5 Å². The molecule has 19 heavy (non-hydrogen) atoms. The van der Waals surface area contributed by atoms with Crippen LogP contribution < -0.4 is 14.8 Å². The molecule has 0 aromatic heterocycles. The molecular formula is C16H27NO2. The van der Waals surface area contributed by atoms with Gasteiger partial charge in [0.25, 0.3) is 0 Å². The quantitative estimate of drug-likeness (QED) is 0.820. The fraction of sp³-hybridized carbons (Fsp3) is 0.625. The first kappa shape index (κ1) is 15.8. The zero-order valence-electron chi connectivity index (χ0n) is 13.0. The second-order valence-corrected chi connectivity index (χ2v) is 5.81. The highest BCUT2D eigenvalue weighted by Gasteiger charge is 2.24. The van der Waals surface area contributed by atoms with Gasteiger partial charge in [-0.2, -0.15) is 0 Å². The Morgan fingerprint density at radius 2 is 1.84 bits per heavy atom. The Morgan fingerprint density at radius 1 is 1.16 bits per heavy atom. The van der Waals surface area contributed by atoms with Crippen molar-refractivity contribution in [1.29, 1.82) is 0 Å². The minimum absolute atomic E-state index is 0.0690. The van der Waals surface area contributed by atoms with Crippen LogP contribution in [0.25, 0.3) is 0 Å². The fourth-order valence-corrected chi connectivity index (χ4v) is 2.17. The van der Waals surface area contributed by atoms with Gasteiger partial charge in [-0.3, -0.25) is 0 Å². The van der Waals surface area contributed by atoms with Gasteiger partial charge < -0.3 is 14.8 Å². The van der Waals surface area contributed by atoms with Crippen molar-refractivity contribution in [2.75, 3.05) is 20.8 Å². The van der Waals surface area contributed by atoms with Crippen LogP contribution in [-0.2, 0) is 5.41 Å². The fourth-order valence-electron chi connectivity index (χ4n) is 2.17. The molecule has 1 aromatic carbocycles. The molecular weight excluding hydrogens is 238 g/mol. The molecule has 0 bridgehead atoms. The van der Waals surface area contributed by atoms with Gasteiger partial charge >= 0.3 is 0 Å². The lowest BCUT2D eigenvalue weighted by molar-refractivity contribution is 0.370. The number of benzene rings is 1. The maximum atomic E-state index is 5.50. The van der Waals surface area contributed by atoms with Gasteiger partial charge in [-0.25, -0.2) is 0 Å². The predicted octanol–water partition coefficient (Wildman–Crippen LogP) is 3.37. The lowest BCUT2D eigenvalue weighted by Crippen LogP contribution is -2.29. The predicted molar refractivity (Wildman–Crippen MR) is 80.3 cm³/mol. The van der Waals surface area contributed by atoms with E-state index in [1.165, 1.54) is 5.56 Å². The summed E-state index contributed by atoms with van der Waals surface area (Å²) in [6, 6.07) is 6.57. The van der Waals surface area contributed by atoms with Crippen molar-refractivity contribution < 1.29 is 9.47 Å². The highest BCUT2D eigenvalue weighted by Crippen LogP contribution is 2.36. The standard InChI is InChI=1S/C16H27NO2/c1-12(2)17-10-9-16(3,4)14-8-7-13(18-5)11-15(14)19-6/h7-8,11-12,17H,9-10H2,1-6H3. The first-order valence-electron chi connectivity index (χ1n) is 6.86. The van der Waals surface area contributed by atoms with Crippen molar-refractivity contribution in [1.82, 2.24) is 5.32 Å². The van der Waals surface area contributed by atoms with E-state index in [9.17, 15) is 0 Å². The van der Waals surface area contributed by atoms with E-state index in [1.807, 2.05) is 12.1 Å². The van der Waals surface area contributed by atoms with E-state index in [2.05, 4.69) is 39.1 Å². The molecule has 108 valence electrons. The maximum Gasteiger partial charge on any atom is 0.126 e. The van der Waals surface area contributed by atoms with Crippen molar-refractivity contribution in [3.05, 3.63) is 23.8 Å². The SMILES string of the molecule is COc1ccc(C(C)(C)CCNC(C)C)c(OC)c1. The lowest BCUT2D eigenvalue weighted by Gasteiger charge is -2.28. The summed E-state index contributed by atoms with van der Waals surface area (Å²) in [4.78, 5) is 0. The van der Waals surface area contributed by atoms with Crippen LogP contribution in [0.5, 0.6) is 11.5 Å². The van der Waals surface area contributed by atoms with Crippen LogP contribution >= 0.6 is 0 Å². The molecule has 3 heteroatoms. The van der Waals surface area contributed by atoms with Crippen molar-refractivity contribution in [2.45, 2.75) is 45.6 Å². The molecule has 0 heterocycles. The van der Waals surface area contributed by atoms with Crippen molar-refractivity contribution in [3.63, 3.8) is 0 Å². The average Bonchev–Trinajstić information content (AvgIpc) is 2.37. The molecule has 0 radical (unpaired) electrons. The van der Waals surface area contributed by atoms with Gasteiger partial charge in [0.05, 0.1) is 14.2 Å². The molecule has 0 spiro atoms. The Balaban J connectivity index is 2.87. The number of methoxy groups -OCH3 is 2. The molecule has 0 unspecified atom stereocenters. The molecule has 0 aliphatic heterocycles. The summed E-state index contributed by atoms with van der Waals surface area (Å²) in [5.74, 6) is 1.73. The number of rotatable bonds is 7. The zero-order chi connectivity index (χ0) is 14.5. The first-order chi connectivity index (χ1) is 8.90. The molecule has 0 saturated heterocycles. The van der Waals surface area contributed by atoms with E-state index in [0.717, 1.165) is 24.5 Å². The second kappa shape index (κ2) is 6.80. The van der Waals surface area contributed by atoms with Crippen molar-refractivity contribution in [2.24, 2.45) is 0 Å². The molecule has 0 aliphatic rings. The summed E-state index contributed by atoms with van der Waals surface area (Å²) in [7, 11) is 3.38. The van der Waals surface area contributed by atoms with E-state index in [0.29, 0.717) is 6.04 Å². The minimum atomic E-state index is 0.0690. The Labute approximate surface area is 117 Å². The van der Waals surface area contributed by atoms with Crippen LogP contribution in [0.1, 0.15) is 39.7 Å². The van der Waals surface area contributed by atoms with Crippen LogP contribution in [0.15, 0.2) is 18.2 Å². The highest BCUT2D eigenvalue weighted by molar-refractivity contribution is 5.44. The third-order valence-corrected chi connectivity index (χ3v) is 3.44. The largest absolute Gasteiger partial charge is 0.497 e. The lowest BCUT2D eigenvalue weighted by atomic mass is 9.81. The van der Waals surface area contributed by atoms with E-state index >= 15 is 0 Å². The Morgan fingerprint density at radius 3 is 2.37 bits per heavy atom. The summed E-state index contributed by atoms with van der Waals surface area (Å²) < 4.78 is 10.7. The summed E-state index contributed by atoms with van der Waals surface area (Å²) in [6.45, 7) is 9.83. The Bertz CT molecular complexity index is 400. The summed E-state index contributed by atoms with van der Waals surface area (Å²) in [5.41, 5.74) is 1.29. The van der Waals surface area contributed by atoms with E-state index in [-0.39, 0.29) is 5.41 Å². The van der Waals surface area contributed by atoms with Crippen LogP contribution in [0.4, 0.5) is 0 Å². The molecule has 1 aromatic rings. The van der Waals surface area contributed by atoms with Gasteiger partial charge in [0, 0.05) is 17.7 Å². The summed E-state index contributed by atoms with van der Waals surface area (Å²) in [5, 5.41) is 3.47. The molecule has 3 nitrogen and oxygen atoms in total. The summed E-state index contributed by atoms with van der Waals surface area (Å²) >= 11 is 0. The van der Waals surface area contributed by atoms with Gasteiger partial charge in [0.2, 0.25) is 0 Å². The third kappa shape index (κ3) is 4.43. The van der Waals surface area contributed by atoms with Crippen LogP contribution in [-0.4, -0.2) is 26.8 Å². The Kier molecular flexibility index (Phi) is 5.67. The van der Waals surface area contributed by atoms with Gasteiger partial charge in [0.1, 0.15) is 11.5 Å². The van der Waals surface area contributed by atoms with Gasteiger partial charge in [-0.05, 0) is 24.4 Å². The van der Waals surface area contributed by atoms with E-state index in [4.69, 9.17) is 9.47 Å². The van der Waals surface area contributed by atoms with Crippen LogP contribution in [0.2, 0.25) is 0 Å². The molecule has 0 atom stereocenters. The van der Waals surface area contributed by atoms with E-state index in [1.54, 1.807) is 14.2 Å². The monoisotopic (exact) mass is 265 g/mol. The molecule has 0 saturated carbocycles. The zero-order valence-corrected chi connectivity index (χ0v) is 13.0. The molecule has 0 aliphatic carbocycles. The maximum absolute atomic E-state index is 5.50. The topological polar surface area (TPSA) is 30.5 Å². The van der Waals surface area contributed by atoms with Gasteiger partial charge in [-0.15, -0.1) is 0 Å². The van der Waals surface area contributed by atoms with Crippen LogP contribution in [0.3, 0.4) is 0 Å². The number of hydrogen-bond donors (Lipinski definition) is 1. The minimum Gasteiger partial charge on any atom is -0.497 e. The number of nitrogens with one attached hydrogen (secondary N) is 1. The van der Waals surface area contributed by atoms with Gasteiger partial charge in [0.15, 0.2) is 0 Å². The number of ether oxygens (including phenoxy) is 2. The Hall–Kier alpha value is -1.22. The highest BCUT2D eigenvalue weighted by atomic mass is 16.5. The normalized spacial score (nSPS) is 11.7. The number of hydrogen-bond acceptors (Lipinski definition) is 3. The molecule has 0 fully saturated rings. The van der Waals surface area contributed by atoms with Crippen LogP contribution in [0, 0.1) is 0 Å². The average molecular weight is 265 g/mol. The van der Waals surface area contributed by atoms with Crippen molar-refractivity contribution >= 4 is 0 Å². The smallest absolute Gasteiger partial charge is 0.126 e. The van der Waals surface area contributed by atoms with E-state index < -0.39 is 0 Å².